The van der Waals surface area contributed by atoms with Crippen LogP contribution in [0.1, 0.15) is 12.1 Å². The molecule has 2 fully saturated rings. The Hall–Kier alpha value is -2.69. The minimum Gasteiger partial charge on any atom is -0.378 e. The third-order valence-corrected chi connectivity index (χ3v) is 5.21. The molecular formula is C18H22F3N7O. The summed E-state index contributed by atoms with van der Waals surface area (Å²) < 4.78 is 44.2. The monoisotopic (exact) mass is 409 g/mol. The molecule has 0 spiro atoms. The quantitative estimate of drug-likeness (QED) is 0.758. The van der Waals surface area contributed by atoms with Crippen molar-refractivity contribution in [3.8, 4) is 0 Å². The molecule has 2 aliphatic heterocycles. The molecule has 8 nitrogen and oxygen atoms in total. The van der Waals surface area contributed by atoms with Gasteiger partial charge in [0.25, 0.3) is 0 Å². The average molecular weight is 409 g/mol. The number of likely N-dealkylation sites (N-methyl/N-ethyl adjacent to an activating group) is 1. The lowest BCUT2D eigenvalue weighted by Crippen LogP contribution is -2.38. The molecule has 0 aromatic carbocycles. The molecule has 0 aliphatic carbocycles. The van der Waals surface area contributed by atoms with Gasteiger partial charge in [0.05, 0.1) is 19.3 Å². The van der Waals surface area contributed by atoms with E-state index in [0.717, 1.165) is 44.1 Å². The van der Waals surface area contributed by atoms with Crippen LogP contribution in [-0.2, 0) is 10.9 Å². The molecule has 4 rings (SSSR count). The van der Waals surface area contributed by atoms with Gasteiger partial charge < -0.3 is 19.4 Å². The molecule has 29 heavy (non-hydrogen) atoms. The Bertz CT molecular complexity index is 844. The van der Waals surface area contributed by atoms with Gasteiger partial charge in [-0.2, -0.15) is 18.2 Å². The molecule has 4 heterocycles. The Morgan fingerprint density at radius 1 is 1.03 bits per heavy atom. The van der Waals surface area contributed by atoms with Crippen molar-refractivity contribution in [2.24, 2.45) is 0 Å². The molecule has 11 heteroatoms. The molecule has 0 saturated carbocycles. The first-order valence-electron chi connectivity index (χ1n) is 9.45. The predicted molar refractivity (Wildman–Crippen MR) is 101 cm³/mol. The van der Waals surface area contributed by atoms with E-state index in [-0.39, 0.29) is 12.0 Å². The third kappa shape index (κ3) is 4.34. The second-order valence-electron chi connectivity index (χ2n) is 7.05. The third-order valence-electron chi connectivity index (χ3n) is 5.21. The Kier molecular flexibility index (Phi) is 5.39. The highest BCUT2D eigenvalue weighted by atomic mass is 19.4. The summed E-state index contributed by atoms with van der Waals surface area (Å²) in [6.45, 7) is 4.18. The first-order chi connectivity index (χ1) is 13.9. The van der Waals surface area contributed by atoms with Gasteiger partial charge in [-0.3, -0.25) is 0 Å². The minimum atomic E-state index is -4.49. The van der Waals surface area contributed by atoms with Crippen LogP contribution in [0.25, 0.3) is 0 Å². The summed E-state index contributed by atoms with van der Waals surface area (Å²) in [5.74, 6) is 1.55. The van der Waals surface area contributed by atoms with Gasteiger partial charge in [0.15, 0.2) is 0 Å². The van der Waals surface area contributed by atoms with E-state index < -0.39 is 11.9 Å². The summed E-state index contributed by atoms with van der Waals surface area (Å²) in [4.78, 5) is 22.7. The number of hydrogen-bond acceptors (Lipinski definition) is 8. The fraction of sp³-hybridized carbons (Fsp3) is 0.556. The maximum absolute atomic E-state index is 12.9. The van der Waals surface area contributed by atoms with E-state index in [1.54, 1.807) is 18.1 Å². The van der Waals surface area contributed by atoms with Crippen molar-refractivity contribution in [2.45, 2.75) is 18.6 Å². The van der Waals surface area contributed by atoms with Crippen molar-refractivity contribution in [2.75, 3.05) is 61.1 Å². The first-order valence-corrected chi connectivity index (χ1v) is 9.45. The maximum atomic E-state index is 12.9. The van der Waals surface area contributed by atoms with Gasteiger partial charge in [-0.15, -0.1) is 0 Å². The summed E-state index contributed by atoms with van der Waals surface area (Å²) in [6.07, 6.45) is -0.836. The van der Waals surface area contributed by atoms with Crippen molar-refractivity contribution in [3.05, 3.63) is 30.2 Å². The second kappa shape index (κ2) is 7.97. The van der Waals surface area contributed by atoms with E-state index in [0.29, 0.717) is 25.7 Å². The van der Waals surface area contributed by atoms with Crippen molar-refractivity contribution in [3.63, 3.8) is 0 Å². The summed E-state index contributed by atoms with van der Waals surface area (Å²) in [5, 5.41) is 0. The van der Waals surface area contributed by atoms with Crippen LogP contribution < -0.4 is 14.7 Å². The number of aromatic nitrogens is 4. The number of hydrogen-bond donors (Lipinski definition) is 0. The SMILES string of the molecule is CN(c1nccc(C(F)(F)F)n1)C1CCN(c2ccnc(N3CCOCC3)n2)C1. The molecule has 1 atom stereocenters. The minimum absolute atomic E-state index is 0.0136. The van der Waals surface area contributed by atoms with Gasteiger partial charge in [0.2, 0.25) is 11.9 Å². The van der Waals surface area contributed by atoms with Crippen molar-refractivity contribution in [1.82, 2.24) is 19.9 Å². The topological polar surface area (TPSA) is 70.5 Å². The zero-order valence-corrected chi connectivity index (χ0v) is 16.0. The number of nitrogens with zero attached hydrogens (tertiary/aromatic N) is 7. The number of halogens is 3. The number of anilines is 3. The van der Waals surface area contributed by atoms with Gasteiger partial charge in [0, 0.05) is 45.6 Å². The van der Waals surface area contributed by atoms with Crippen LogP contribution in [0.5, 0.6) is 0 Å². The Morgan fingerprint density at radius 3 is 2.55 bits per heavy atom. The lowest BCUT2D eigenvalue weighted by atomic mass is 10.2. The standard InChI is InChI=1S/C18H22F3N7O/c1-26(16-22-5-2-14(24-16)18(19,20)21)13-4-7-28(12-13)15-3-6-23-17(25-15)27-8-10-29-11-9-27/h2-3,5-6,13H,4,7-12H2,1H3. The zero-order valence-electron chi connectivity index (χ0n) is 16.0. The molecule has 0 radical (unpaired) electrons. The Balaban J connectivity index is 1.45. The molecule has 2 saturated heterocycles. The van der Waals surface area contributed by atoms with Gasteiger partial charge >= 0.3 is 6.18 Å². The Labute approximate surface area is 166 Å². The number of morpholine rings is 1. The highest BCUT2D eigenvalue weighted by Crippen LogP contribution is 2.29. The maximum Gasteiger partial charge on any atom is 0.433 e. The number of ether oxygens (including phenoxy) is 1. The second-order valence-corrected chi connectivity index (χ2v) is 7.05. The molecule has 1 unspecified atom stereocenters. The Morgan fingerprint density at radius 2 is 1.79 bits per heavy atom. The predicted octanol–water partition coefficient (Wildman–Crippen LogP) is 1.84. The molecule has 2 aliphatic rings. The summed E-state index contributed by atoms with van der Waals surface area (Å²) in [6, 6.07) is 2.72. The van der Waals surface area contributed by atoms with Gasteiger partial charge in [-0.1, -0.05) is 0 Å². The van der Waals surface area contributed by atoms with Crippen LogP contribution in [0.4, 0.5) is 30.9 Å². The van der Waals surface area contributed by atoms with E-state index >= 15 is 0 Å². The normalized spacial score (nSPS) is 20.2. The van der Waals surface area contributed by atoms with Crippen LogP contribution in [0.15, 0.2) is 24.5 Å². The summed E-state index contributed by atoms with van der Waals surface area (Å²) in [5.41, 5.74) is -0.935. The summed E-state index contributed by atoms with van der Waals surface area (Å²) in [7, 11) is 1.72. The largest absolute Gasteiger partial charge is 0.433 e. The fourth-order valence-electron chi connectivity index (χ4n) is 3.54. The van der Waals surface area contributed by atoms with E-state index in [1.807, 2.05) is 6.07 Å². The van der Waals surface area contributed by atoms with Crippen LogP contribution in [-0.4, -0.2) is 72.4 Å². The zero-order chi connectivity index (χ0) is 20.4. The van der Waals surface area contributed by atoms with E-state index in [4.69, 9.17) is 4.74 Å². The first kappa shape index (κ1) is 19.6. The van der Waals surface area contributed by atoms with Gasteiger partial charge in [0.1, 0.15) is 11.5 Å². The molecule has 0 N–H and O–H groups in total. The fourth-order valence-corrected chi connectivity index (χ4v) is 3.54. The average Bonchev–Trinajstić information content (AvgIpc) is 3.24. The van der Waals surface area contributed by atoms with Crippen molar-refractivity contribution in [1.29, 1.82) is 0 Å². The van der Waals surface area contributed by atoms with Crippen molar-refractivity contribution < 1.29 is 17.9 Å². The number of alkyl halides is 3. The van der Waals surface area contributed by atoms with Crippen LogP contribution in [0.2, 0.25) is 0 Å². The van der Waals surface area contributed by atoms with Crippen LogP contribution >= 0.6 is 0 Å². The molecule has 2 aromatic heterocycles. The molecular weight excluding hydrogens is 387 g/mol. The van der Waals surface area contributed by atoms with Gasteiger partial charge in [-0.25, -0.2) is 15.0 Å². The smallest absolute Gasteiger partial charge is 0.378 e. The van der Waals surface area contributed by atoms with Crippen molar-refractivity contribution >= 4 is 17.7 Å². The number of rotatable bonds is 4. The summed E-state index contributed by atoms with van der Waals surface area (Å²) >= 11 is 0. The molecule has 0 bridgehead atoms. The lowest BCUT2D eigenvalue weighted by molar-refractivity contribution is -0.141. The lowest BCUT2D eigenvalue weighted by Gasteiger charge is -2.28. The van der Waals surface area contributed by atoms with Crippen LogP contribution in [0.3, 0.4) is 0 Å². The molecule has 0 amide bonds. The highest BCUT2D eigenvalue weighted by Gasteiger charge is 2.34. The molecule has 2 aromatic rings. The highest BCUT2D eigenvalue weighted by molar-refractivity contribution is 5.46. The van der Waals surface area contributed by atoms with Crippen LogP contribution in [0, 0.1) is 0 Å². The van der Waals surface area contributed by atoms with E-state index in [1.165, 1.54) is 0 Å². The van der Waals surface area contributed by atoms with Gasteiger partial charge in [-0.05, 0) is 18.6 Å². The van der Waals surface area contributed by atoms with E-state index in [2.05, 4.69) is 29.7 Å². The van der Waals surface area contributed by atoms with E-state index in [9.17, 15) is 13.2 Å². The molecule has 156 valence electrons.